The molecule has 1 saturated heterocycles. The molecule has 1 N–H and O–H groups in total. The summed E-state index contributed by atoms with van der Waals surface area (Å²) in [6, 6.07) is 7.55. The zero-order chi connectivity index (χ0) is 21.6. The van der Waals surface area contributed by atoms with E-state index in [1.165, 1.54) is 0 Å². The molecule has 0 amide bonds. The number of hydrogen-bond acceptors (Lipinski definition) is 7. The van der Waals surface area contributed by atoms with E-state index in [0.717, 1.165) is 69.8 Å². The molecule has 2 aliphatic heterocycles. The molecule has 2 fully saturated rings. The molecule has 3 atom stereocenters. The first-order valence-corrected chi connectivity index (χ1v) is 11.4. The molecular weight excluding hydrogens is 396 g/mol. The van der Waals surface area contributed by atoms with Crippen LogP contribution in [-0.2, 0) is 14.3 Å². The third-order valence-electron chi connectivity index (χ3n) is 6.75. The maximum atomic E-state index is 13.1. The van der Waals surface area contributed by atoms with Crippen LogP contribution in [0.25, 0.3) is 5.57 Å². The van der Waals surface area contributed by atoms with E-state index in [4.69, 9.17) is 19.3 Å². The van der Waals surface area contributed by atoms with Gasteiger partial charge in [0.05, 0.1) is 44.2 Å². The van der Waals surface area contributed by atoms with E-state index in [9.17, 15) is 4.79 Å². The molecule has 1 aliphatic carbocycles. The normalized spacial score (nSPS) is 27.4. The number of hydrogen-bond donors (Lipinski definition) is 1. The highest BCUT2D eigenvalue weighted by atomic mass is 16.5. The number of methoxy groups -OCH3 is 1. The monoisotopic (exact) mass is 430 g/mol. The van der Waals surface area contributed by atoms with Gasteiger partial charge in [0.2, 0.25) is 0 Å². The average molecular weight is 431 g/mol. The zero-order valence-corrected chi connectivity index (χ0v) is 18.4. The van der Waals surface area contributed by atoms with Gasteiger partial charge < -0.3 is 19.3 Å². The van der Waals surface area contributed by atoms with Gasteiger partial charge in [-0.3, -0.25) is 14.6 Å². The number of carbonyl (C=O) groups excluding carboxylic acids is 1. The number of Topliss-reactive ketones (excluding diaryl/α,β-unsaturated/α-hetero) is 1. The molecule has 1 aromatic carbocycles. The molecular formula is C24H34N2O5. The van der Waals surface area contributed by atoms with Crippen LogP contribution in [0.5, 0.6) is 5.75 Å². The SMILES string of the molecule is COc1ccc(C2=COC3CC(OCCN4CCN(CCO)CC4)CCC3C2=O)cc1. The van der Waals surface area contributed by atoms with Gasteiger partial charge in [0.1, 0.15) is 11.9 Å². The maximum absolute atomic E-state index is 13.1. The number of nitrogens with zero attached hydrogens (tertiary/aromatic N) is 2. The smallest absolute Gasteiger partial charge is 0.173 e. The molecule has 31 heavy (non-hydrogen) atoms. The molecule has 4 rings (SSSR count). The number of aliphatic hydroxyl groups excluding tert-OH is 1. The highest BCUT2D eigenvalue weighted by Gasteiger charge is 2.40. The van der Waals surface area contributed by atoms with Crippen LogP contribution in [0.4, 0.5) is 0 Å². The standard InChI is InChI=1S/C24H34N2O5/c1-29-19-4-2-18(3-5-19)22-17-31-23-16-20(6-7-21(23)24(22)28)30-15-13-26-10-8-25(9-11-26)12-14-27/h2-5,17,20-21,23,27H,6-16H2,1H3. The Morgan fingerprint density at radius 2 is 1.77 bits per heavy atom. The van der Waals surface area contributed by atoms with Gasteiger partial charge in [-0.1, -0.05) is 12.1 Å². The van der Waals surface area contributed by atoms with Crippen LogP contribution in [0.15, 0.2) is 30.5 Å². The second-order valence-electron chi connectivity index (χ2n) is 8.62. The minimum atomic E-state index is -0.0877. The highest BCUT2D eigenvalue weighted by molar-refractivity contribution is 6.22. The highest BCUT2D eigenvalue weighted by Crippen LogP contribution is 2.37. The van der Waals surface area contributed by atoms with E-state index in [1.807, 2.05) is 24.3 Å². The summed E-state index contributed by atoms with van der Waals surface area (Å²) < 4.78 is 17.4. The van der Waals surface area contributed by atoms with Crippen molar-refractivity contribution in [3.05, 3.63) is 36.1 Å². The van der Waals surface area contributed by atoms with E-state index < -0.39 is 0 Å². The van der Waals surface area contributed by atoms with Crippen molar-refractivity contribution in [1.29, 1.82) is 0 Å². The predicted molar refractivity (Wildman–Crippen MR) is 118 cm³/mol. The van der Waals surface area contributed by atoms with E-state index in [1.54, 1.807) is 13.4 Å². The molecule has 1 saturated carbocycles. The number of β-amino-alcohol motifs (C(OH)–C–C–N with tert-alkyl or cyclic N) is 1. The summed E-state index contributed by atoms with van der Waals surface area (Å²) in [6.45, 7) is 6.70. The minimum absolute atomic E-state index is 0.0819. The van der Waals surface area contributed by atoms with Crippen LogP contribution in [0.1, 0.15) is 24.8 Å². The van der Waals surface area contributed by atoms with E-state index in [0.29, 0.717) is 12.2 Å². The summed E-state index contributed by atoms with van der Waals surface area (Å²) >= 11 is 0. The van der Waals surface area contributed by atoms with Crippen molar-refractivity contribution < 1.29 is 24.1 Å². The number of ketones is 1. The lowest BCUT2D eigenvalue weighted by Gasteiger charge is -2.38. The van der Waals surface area contributed by atoms with Gasteiger partial charge in [0, 0.05) is 45.7 Å². The molecule has 1 aromatic rings. The number of aliphatic hydroxyl groups is 1. The Balaban J connectivity index is 1.23. The molecule has 2 heterocycles. The number of piperazine rings is 1. The van der Waals surface area contributed by atoms with Crippen LogP contribution in [0.3, 0.4) is 0 Å². The molecule has 170 valence electrons. The predicted octanol–water partition coefficient (Wildman–Crippen LogP) is 1.80. The number of benzene rings is 1. The summed E-state index contributed by atoms with van der Waals surface area (Å²) in [5, 5.41) is 9.05. The summed E-state index contributed by atoms with van der Waals surface area (Å²) in [4.78, 5) is 17.8. The molecule has 0 radical (unpaired) electrons. The number of rotatable bonds is 8. The first-order valence-electron chi connectivity index (χ1n) is 11.4. The van der Waals surface area contributed by atoms with Crippen LogP contribution in [-0.4, -0.2) is 92.5 Å². The van der Waals surface area contributed by atoms with Gasteiger partial charge in [0.15, 0.2) is 5.78 Å². The molecule has 7 heteroatoms. The fraction of sp³-hybridized carbons (Fsp3) is 0.625. The number of allylic oxidation sites excluding steroid dienone is 1. The Hall–Kier alpha value is -1.93. The van der Waals surface area contributed by atoms with Crippen LogP contribution >= 0.6 is 0 Å². The minimum Gasteiger partial charge on any atom is -0.497 e. The van der Waals surface area contributed by atoms with Crippen molar-refractivity contribution in [2.75, 3.05) is 59.6 Å². The maximum Gasteiger partial charge on any atom is 0.173 e. The average Bonchev–Trinajstić information content (AvgIpc) is 2.81. The summed E-state index contributed by atoms with van der Waals surface area (Å²) in [7, 11) is 1.63. The van der Waals surface area contributed by atoms with Gasteiger partial charge in [-0.05, 0) is 30.5 Å². The molecule has 0 bridgehead atoms. The number of ether oxygens (including phenoxy) is 3. The van der Waals surface area contributed by atoms with Crippen LogP contribution in [0, 0.1) is 5.92 Å². The third-order valence-corrected chi connectivity index (χ3v) is 6.75. The van der Waals surface area contributed by atoms with Crippen molar-refractivity contribution in [2.24, 2.45) is 5.92 Å². The fourth-order valence-corrected chi connectivity index (χ4v) is 4.81. The Bertz CT molecular complexity index is 758. The Morgan fingerprint density at radius 3 is 2.45 bits per heavy atom. The zero-order valence-electron chi connectivity index (χ0n) is 18.4. The van der Waals surface area contributed by atoms with E-state index >= 15 is 0 Å². The van der Waals surface area contributed by atoms with Gasteiger partial charge >= 0.3 is 0 Å². The molecule has 3 unspecified atom stereocenters. The fourth-order valence-electron chi connectivity index (χ4n) is 4.81. The topological polar surface area (TPSA) is 71.5 Å². The molecule has 7 nitrogen and oxygen atoms in total. The van der Waals surface area contributed by atoms with Crippen molar-refractivity contribution in [3.63, 3.8) is 0 Å². The van der Waals surface area contributed by atoms with Crippen molar-refractivity contribution in [2.45, 2.75) is 31.5 Å². The molecule has 0 spiro atoms. The summed E-state index contributed by atoms with van der Waals surface area (Å²) in [5.41, 5.74) is 1.53. The first kappa shape index (κ1) is 22.3. The van der Waals surface area contributed by atoms with Crippen molar-refractivity contribution in [3.8, 4) is 5.75 Å². The second kappa shape index (κ2) is 10.6. The van der Waals surface area contributed by atoms with Gasteiger partial charge in [-0.25, -0.2) is 0 Å². The number of fused-ring (bicyclic) bond motifs is 1. The molecule has 0 aromatic heterocycles. The number of carbonyl (C=O) groups is 1. The van der Waals surface area contributed by atoms with Crippen LogP contribution < -0.4 is 4.74 Å². The third kappa shape index (κ3) is 5.47. The quantitative estimate of drug-likeness (QED) is 0.674. The van der Waals surface area contributed by atoms with Gasteiger partial charge in [0.25, 0.3) is 0 Å². The lowest BCUT2D eigenvalue weighted by molar-refractivity contribution is -0.128. The summed E-state index contributed by atoms with van der Waals surface area (Å²) in [6.07, 6.45) is 4.18. The first-order chi connectivity index (χ1) is 15.2. The Morgan fingerprint density at radius 1 is 1.06 bits per heavy atom. The Kier molecular flexibility index (Phi) is 7.61. The van der Waals surface area contributed by atoms with Gasteiger partial charge in [-0.2, -0.15) is 0 Å². The molecule has 3 aliphatic rings. The second-order valence-corrected chi connectivity index (χ2v) is 8.62. The largest absolute Gasteiger partial charge is 0.497 e. The summed E-state index contributed by atoms with van der Waals surface area (Å²) in [5.74, 6) is 0.873. The lowest BCUT2D eigenvalue weighted by Crippen LogP contribution is -2.48. The van der Waals surface area contributed by atoms with Gasteiger partial charge in [-0.15, -0.1) is 0 Å². The Labute approximate surface area is 184 Å². The lowest BCUT2D eigenvalue weighted by atomic mass is 9.78. The van der Waals surface area contributed by atoms with Crippen molar-refractivity contribution >= 4 is 11.4 Å². The van der Waals surface area contributed by atoms with Crippen LogP contribution in [0.2, 0.25) is 0 Å². The van der Waals surface area contributed by atoms with Crippen molar-refractivity contribution in [1.82, 2.24) is 9.80 Å². The van der Waals surface area contributed by atoms with E-state index in [-0.39, 0.29) is 30.5 Å². The van der Waals surface area contributed by atoms with E-state index in [2.05, 4.69) is 9.80 Å².